The quantitative estimate of drug-likeness (QED) is 0.367. The van der Waals surface area contributed by atoms with Crippen LogP contribution in [0.1, 0.15) is 58.2 Å². The van der Waals surface area contributed by atoms with Crippen LogP contribution in [0, 0.1) is 40.7 Å². The van der Waals surface area contributed by atoms with Crippen molar-refractivity contribution in [1.82, 2.24) is 0 Å². The Morgan fingerprint density at radius 3 is 2.00 bits per heavy atom. The number of benzene rings is 1. The first kappa shape index (κ1) is 19.2. The zero-order valence-corrected chi connectivity index (χ0v) is 18.3. The minimum Gasteiger partial charge on any atom is -0.268 e. The zero-order valence-electron chi connectivity index (χ0n) is 14.7. The smallest absolute Gasteiger partial charge is 0 e. The second kappa shape index (κ2) is 8.15. The molecule has 0 heterocycles. The van der Waals surface area contributed by atoms with Gasteiger partial charge in [0, 0.05) is 25.8 Å². The Hall–Kier alpha value is -0.820. The van der Waals surface area contributed by atoms with Gasteiger partial charge in [-0.05, 0) is 0 Å². The van der Waals surface area contributed by atoms with E-state index in [2.05, 4.69) is 78.0 Å². The Bertz CT molecular complexity index is 578. The van der Waals surface area contributed by atoms with Crippen LogP contribution < -0.4 is 0 Å². The van der Waals surface area contributed by atoms with E-state index in [0.29, 0.717) is 5.92 Å². The molecule has 0 saturated heterocycles. The first-order chi connectivity index (χ1) is 9.97. The van der Waals surface area contributed by atoms with Gasteiger partial charge in [0.1, 0.15) is 0 Å². The van der Waals surface area contributed by atoms with Gasteiger partial charge in [-0.15, -0.1) is 11.6 Å². The maximum absolute atomic E-state index is 3.35. The standard InChI is InChI=1S/C11H11.C10H15.Hf/c1-2-9-7-8-10-5-3-4-6-11(9)10;1-6-7(2)9(4)10(5)8(6)3;/h3-6,8-9H,2H2,1H3;1-5H3;/q2*-1;. The second-order valence-electron chi connectivity index (χ2n) is 6.03. The molecule has 2 aromatic carbocycles. The average molecular weight is 457 g/mol. The van der Waals surface area contributed by atoms with Crippen molar-refractivity contribution < 1.29 is 25.8 Å². The summed E-state index contributed by atoms with van der Waals surface area (Å²) >= 11 is 0. The van der Waals surface area contributed by atoms with Gasteiger partial charge in [-0.3, -0.25) is 6.08 Å². The summed E-state index contributed by atoms with van der Waals surface area (Å²) in [7, 11) is 0. The van der Waals surface area contributed by atoms with Crippen molar-refractivity contribution in [2.24, 2.45) is 0 Å². The first-order valence-electron chi connectivity index (χ1n) is 7.85. The normalized spacial score (nSPS) is 14.9. The molecule has 1 heteroatoms. The van der Waals surface area contributed by atoms with Crippen molar-refractivity contribution in [3.8, 4) is 0 Å². The average Bonchev–Trinajstić information content (AvgIpc) is 3.00. The second-order valence-corrected chi connectivity index (χ2v) is 6.03. The molecule has 0 fully saturated rings. The van der Waals surface area contributed by atoms with E-state index in [-0.39, 0.29) is 25.8 Å². The Balaban J connectivity index is 0.000000212. The maximum atomic E-state index is 3.35. The SMILES string of the molecule is CCC1[C-]=Cc2ccccc21.Cc1c(C)c(C)[c-](C)c1C.[Hf]. The molecule has 1 aliphatic rings. The fourth-order valence-corrected chi connectivity index (χ4v) is 2.98. The molecule has 0 aliphatic heterocycles. The first-order valence-corrected chi connectivity index (χ1v) is 7.85. The summed E-state index contributed by atoms with van der Waals surface area (Å²) in [6.07, 6.45) is 6.61. The van der Waals surface area contributed by atoms with Gasteiger partial charge < -0.3 is 0 Å². The molecule has 22 heavy (non-hydrogen) atoms. The van der Waals surface area contributed by atoms with E-state index in [1.807, 2.05) is 0 Å². The molecule has 0 N–H and O–H groups in total. The molecule has 3 rings (SSSR count). The molecular formula is C21H26Hf-2. The number of hydrogen-bond acceptors (Lipinski definition) is 0. The topological polar surface area (TPSA) is 0 Å². The van der Waals surface area contributed by atoms with E-state index in [0.717, 1.165) is 6.42 Å². The number of allylic oxidation sites excluding steroid dienone is 1. The molecule has 0 bridgehead atoms. The Labute approximate surface area is 154 Å². The minimum atomic E-state index is 0. The van der Waals surface area contributed by atoms with Crippen molar-refractivity contribution in [2.75, 3.05) is 0 Å². The fourth-order valence-electron chi connectivity index (χ4n) is 2.98. The summed E-state index contributed by atoms with van der Waals surface area (Å²) < 4.78 is 0. The molecule has 1 unspecified atom stereocenters. The largest absolute Gasteiger partial charge is 0.268 e. The Kier molecular flexibility index (Phi) is 7.12. The van der Waals surface area contributed by atoms with E-state index in [9.17, 15) is 0 Å². The number of rotatable bonds is 1. The summed E-state index contributed by atoms with van der Waals surface area (Å²) in [6.45, 7) is 13.2. The van der Waals surface area contributed by atoms with Crippen molar-refractivity contribution >= 4 is 6.08 Å². The van der Waals surface area contributed by atoms with Crippen LogP contribution in [0.25, 0.3) is 6.08 Å². The van der Waals surface area contributed by atoms with E-state index < -0.39 is 0 Å². The van der Waals surface area contributed by atoms with Crippen LogP contribution in [0.15, 0.2) is 24.3 Å². The van der Waals surface area contributed by atoms with Crippen molar-refractivity contribution in [2.45, 2.75) is 53.9 Å². The molecule has 0 saturated carbocycles. The summed E-state index contributed by atoms with van der Waals surface area (Å²) in [5, 5.41) is 0. The van der Waals surface area contributed by atoms with Gasteiger partial charge in [0.15, 0.2) is 0 Å². The van der Waals surface area contributed by atoms with Gasteiger partial charge in [-0.2, -0.15) is 33.4 Å². The Morgan fingerprint density at radius 1 is 1.00 bits per heavy atom. The van der Waals surface area contributed by atoms with Crippen LogP contribution in [0.2, 0.25) is 0 Å². The zero-order chi connectivity index (χ0) is 15.6. The van der Waals surface area contributed by atoms with E-state index in [1.165, 1.54) is 38.9 Å². The van der Waals surface area contributed by atoms with Crippen LogP contribution in [-0.2, 0) is 25.8 Å². The molecule has 0 amide bonds. The molecule has 0 radical (unpaired) electrons. The predicted molar refractivity (Wildman–Crippen MR) is 92.9 cm³/mol. The monoisotopic (exact) mass is 458 g/mol. The predicted octanol–water partition coefficient (Wildman–Crippen LogP) is 5.96. The molecule has 2 aromatic rings. The van der Waals surface area contributed by atoms with Crippen molar-refractivity contribution in [3.05, 3.63) is 69.3 Å². The van der Waals surface area contributed by atoms with Gasteiger partial charge in [-0.1, -0.05) is 72.1 Å². The fraction of sp³-hybridized carbons (Fsp3) is 0.381. The number of hydrogen-bond donors (Lipinski definition) is 0. The molecule has 0 nitrogen and oxygen atoms in total. The summed E-state index contributed by atoms with van der Waals surface area (Å²) in [5.74, 6) is 0.547. The van der Waals surface area contributed by atoms with Gasteiger partial charge >= 0.3 is 0 Å². The molecular weight excluding hydrogens is 431 g/mol. The van der Waals surface area contributed by atoms with Crippen LogP contribution in [0.5, 0.6) is 0 Å². The molecule has 0 aromatic heterocycles. The Morgan fingerprint density at radius 2 is 1.55 bits per heavy atom. The van der Waals surface area contributed by atoms with Gasteiger partial charge in [0.25, 0.3) is 0 Å². The third-order valence-electron chi connectivity index (χ3n) is 5.03. The molecule has 1 atom stereocenters. The summed E-state index contributed by atoms with van der Waals surface area (Å²) in [5.41, 5.74) is 10.1. The van der Waals surface area contributed by atoms with Crippen LogP contribution >= 0.6 is 0 Å². The number of fused-ring (bicyclic) bond motifs is 1. The maximum Gasteiger partial charge on any atom is 0 e. The van der Waals surface area contributed by atoms with E-state index in [1.54, 1.807) is 0 Å². The molecule has 1 aliphatic carbocycles. The van der Waals surface area contributed by atoms with Gasteiger partial charge in [0.2, 0.25) is 0 Å². The van der Waals surface area contributed by atoms with E-state index >= 15 is 0 Å². The summed E-state index contributed by atoms with van der Waals surface area (Å²) in [6, 6.07) is 8.52. The van der Waals surface area contributed by atoms with Crippen molar-refractivity contribution in [1.29, 1.82) is 0 Å². The van der Waals surface area contributed by atoms with Crippen LogP contribution in [0.3, 0.4) is 0 Å². The summed E-state index contributed by atoms with van der Waals surface area (Å²) in [4.78, 5) is 0. The molecule has 0 spiro atoms. The third-order valence-corrected chi connectivity index (χ3v) is 5.03. The third kappa shape index (κ3) is 3.74. The van der Waals surface area contributed by atoms with Gasteiger partial charge in [0.05, 0.1) is 0 Å². The molecule has 116 valence electrons. The van der Waals surface area contributed by atoms with Gasteiger partial charge in [-0.25, -0.2) is 6.08 Å². The van der Waals surface area contributed by atoms with E-state index in [4.69, 9.17) is 0 Å². The minimum absolute atomic E-state index is 0. The van der Waals surface area contributed by atoms with Crippen LogP contribution in [0.4, 0.5) is 0 Å². The van der Waals surface area contributed by atoms with Crippen molar-refractivity contribution in [3.63, 3.8) is 0 Å². The van der Waals surface area contributed by atoms with Crippen LogP contribution in [-0.4, -0.2) is 0 Å².